The zero-order chi connectivity index (χ0) is 18.0. The van der Waals surface area contributed by atoms with Crippen molar-refractivity contribution in [2.75, 3.05) is 13.0 Å². The largest absolute Gasteiger partial charge is 0.468 e. The van der Waals surface area contributed by atoms with Crippen molar-refractivity contribution in [2.45, 2.75) is 10.4 Å². The number of carbonyl (C=O) groups excluding carboxylic acids is 1. The minimum Gasteiger partial charge on any atom is -0.468 e. The van der Waals surface area contributed by atoms with Crippen LogP contribution in [0.5, 0.6) is 0 Å². The van der Waals surface area contributed by atoms with Crippen molar-refractivity contribution < 1.29 is 9.53 Å². The van der Waals surface area contributed by atoms with Crippen molar-refractivity contribution in [3.05, 3.63) is 68.9 Å². The molecule has 1 heterocycles. The zero-order valence-corrected chi connectivity index (χ0v) is 15.6. The van der Waals surface area contributed by atoms with Crippen LogP contribution in [-0.4, -0.2) is 22.7 Å². The van der Waals surface area contributed by atoms with Crippen molar-refractivity contribution in [3.63, 3.8) is 0 Å². The number of hydrogen-bond donors (Lipinski definition) is 1. The predicted octanol–water partition coefficient (Wildman–Crippen LogP) is 2.88. The molecule has 128 valence electrons. The molecule has 0 amide bonds. The van der Waals surface area contributed by atoms with Crippen LogP contribution in [0.25, 0.3) is 10.9 Å². The minimum absolute atomic E-state index is 0.235. The van der Waals surface area contributed by atoms with Crippen LogP contribution in [0.2, 0.25) is 0 Å². The molecule has 0 saturated carbocycles. The maximum atomic E-state index is 12.5. The summed E-state index contributed by atoms with van der Waals surface area (Å²) in [5, 5.41) is -0.0459. The van der Waals surface area contributed by atoms with Gasteiger partial charge in [-0.25, -0.2) is 9.66 Å². The van der Waals surface area contributed by atoms with E-state index >= 15 is 0 Å². The van der Waals surface area contributed by atoms with Crippen LogP contribution in [0, 0.1) is 0 Å². The number of nitrogens with zero attached hydrogens (tertiary/aromatic N) is 2. The average molecular weight is 420 g/mol. The quantitative estimate of drug-likeness (QED) is 0.302. The van der Waals surface area contributed by atoms with Crippen molar-refractivity contribution in [3.8, 4) is 0 Å². The Morgan fingerprint density at radius 2 is 2.00 bits per heavy atom. The van der Waals surface area contributed by atoms with Crippen molar-refractivity contribution in [2.24, 2.45) is 0 Å². The molecular formula is C17H14BrN3O3S. The highest BCUT2D eigenvalue weighted by molar-refractivity contribution is 9.10. The average Bonchev–Trinajstić information content (AvgIpc) is 2.64. The van der Waals surface area contributed by atoms with Gasteiger partial charge in [-0.05, 0) is 23.8 Å². The van der Waals surface area contributed by atoms with Gasteiger partial charge < -0.3 is 10.6 Å². The summed E-state index contributed by atoms with van der Waals surface area (Å²) in [6, 6.07) is 14.3. The normalized spacial score (nSPS) is 12.1. The fourth-order valence-electron chi connectivity index (χ4n) is 2.33. The molecule has 25 heavy (non-hydrogen) atoms. The van der Waals surface area contributed by atoms with Gasteiger partial charge in [-0.15, -0.1) is 0 Å². The van der Waals surface area contributed by atoms with E-state index in [1.165, 1.54) is 7.11 Å². The number of nitrogen functional groups attached to an aromatic ring is 1. The number of halogens is 1. The standard InChI is InChI=1S/C17H14BrN3O3S/c1-24-16(23)14(10-5-3-2-4-6-10)25-17-20-13-8-7-11(18)9-12(13)15(22)21(17)19/h2-9,14H,19H2,1H3. The number of hydrogen-bond acceptors (Lipinski definition) is 6. The van der Waals surface area contributed by atoms with E-state index < -0.39 is 11.2 Å². The molecule has 2 N–H and O–H groups in total. The van der Waals surface area contributed by atoms with Gasteiger partial charge in [-0.1, -0.05) is 58.0 Å². The van der Waals surface area contributed by atoms with Gasteiger partial charge in [0.15, 0.2) is 5.16 Å². The molecule has 6 nitrogen and oxygen atoms in total. The number of benzene rings is 2. The highest BCUT2D eigenvalue weighted by Crippen LogP contribution is 2.34. The lowest BCUT2D eigenvalue weighted by Crippen LogP contribution is -2.30. The molecule has 2 aromatic carbocycles. The van der Waals surface area contributed by atoms with Crippen LogP contribution in [0.15, 0.2) is 63.0 Å². The summed E-state index contributed by atoms with van der Waals surface area (Å²) in [6.07, 6.45) is 0. The van der Waals surface area contributed by atoms with Crippen molar-refractivity contribution in [1.82, 2.24) is 9.66 Å². The molecule has 1 aromatic heterocycles. The van der Waals surface area contributed by atoms with Gasteiger partial charge in [0.1, 0.15) is 5.25 Å². The third kappa shape index (κ3) is 3.54. The molecule has 1 unspecified atom stereocenters. The third-order valence-electron chi connectivity index (χ3n) is 3.57. The van der Waals surface area contributed by atoms with E-state index in [9.17, 15) is 9.59 Å². The van der Waals surface area contributed by atoms with E-state index in [1.807, 2.05) is 30.3 Å². The summed E-state index contributed by atoms with van der Waals surface area (Å²) in [5.41, 5.74) is 0.865. The van der Waals surface area contributed by atoms with Gasteiger partial charge in [0.25, 0.3) is 5.56 Å². The Kier molecular flexibility index (Phi) is 5.10. The SMILES string of the molecule is COC(=O)C(Sc1nc2ccc(Br)cc2c(=O)n1N)c1ccccc1. The third-order valence-corrected chi connectivity index (χ3v) is 5.26. The van der Waals surface area contributed by atoms with Gasteiger partial charge >= 0.3 is 5.97 Å². The molecule has 0 spiro atoms. The number of aromatic nitrogens is 2. The number of methoxy groups -OCH3 is 1. The summed E-state index contributed by atoms with van der Waals surface area (Å²) < 4.78 is 6.61. The van der Waals surface area contributed by atoms with Crippen LogP contribution in [0.4, 0.5) is 0 Å². The highest BCUT2D eigenvalue weighted by Gasteiger charge is 2.25. The number of fused-ring (bicyclic) bond motifs is 1. The monoisotopic (exact) mass is 419 g/mol. The Labute approximate surface area is 156 Å². The second kappa shape index (κ2) is 7.28. The number of esters is 1. The molecular weight excluding hydrogens is 406 g/mol. The topological polar surface area (TPSA) is 87.2 Å². The van der Waals surface area contributed by atoms with Gasteiger partial charge in [-0.2, -0.15) is 0 Å². The van der Waals surface area contributed by atoms with E-state index in [2.05, 4.69) is 20.9 Å². The first-order valence-corrected chi connectivity index (χ1v) is 8.95. The van der Waals surface area contributed by atoms with E-state index in [-0.39, 0.29) is 10.7 Å². The first-order chi connectivity index (χ1) is 12.0. The molecule has 8 heteroatoms. The number of carbonyl (C=O) groups is 1. The van der Waals surface area contributed by atoms with E-state index in [0.29, 0.717) is 10.9 Å². The van der Waals surface area contributed by atoms with Crippen LogP contribution >= 0.6 is 27.7 Å². The number of thioether (sulfide) groups is 1. The van der Waals surface area contributed by atoms with Gasteiger partial charge in [-0.3, -0.25) is 9.59 Å². The van der Waals surface area contributed by atoms with Gasteiger partial charge in [0.2, 0.25) is 0 Å². The van der Waals surface area contributed by atoms with Gasteiger partial charge in [0.05, 0.1) is 18.0 Å². The van der Waals surface area contributed by atoms with Crippen molar-refractivity contribution in [1.29, 1.82) is 0 Å². The van der Waals surface area contributed by atoms with E-state index in [4.69, 9.17) is 10.6 Å². The lowest BCUT2D eigenvalue weighted by atomic mass is 10.1. The molecule has 1 atom stereocenters. The van der Waals surface area contributed by atoms with Crippen molar-refractivity contribution >= 4 is 44.6 Å². The number of nitrogens with two attached hydrogens (primary N) is 1. The van der Waals surface area contributed by atoms with Crippen LogP contribution in [0.1, 0.15) is 10.8 Å². The summed E-state index contributed by atoms with van der Waals surface area (Å²) in [4.78, 5) is 29.2. The zero-order valence-electron chi connectivity index (χ0n) is 13.2. The van der Waals surface area contributed by atoms with Crippen LogP contribution < -0.4 is 11.4 Å². The maximum absolute atomic E-state index is 12.5. The Morgan fingerprint density at radius 1 is 1.28 bits per heavy atom. The maximum Gasteiger partial charge on any atom is 0.323 e. The van der Waals surface area contributed by atoms with Gasteiger partial charge in [0, 0.05) is 4.47 Å². The molecule has 0 aliphatic rings. The lowest BCUT2D eigenvalue weighted by molar-refractivity contribution is -0.140. The van der Waals surface area contributed by atoms with Crippen LogP contribution in [0.3, 0.4) is 0 Å². The van der Waals surface area contributed by atoms with E-state index in [0.717, 1.165) is 26.5 Å². The first-order valence-electron chi connectivity index (χ1n) is 7.28. The second-order valence-electron chi connectivity index (χ2n) is 5.16. The Hall–Kier alpha value is -2.32. The fraction of sp³-hybridized carbons (Fsp3) is 0.118. The number of ether oxygens (including phenoxy) is 1. The molecule has 0 aliphatic heterocycles. The Bertz CT molecular complexity index is 992. The molecule has 0 fully saturated rings. The number of rotatable bonds is 4. The second-order valence-corrected chi connectivity index (χ2v) is 7.15. The molecule has 0 saturated heterocycles. The minimum atomic E-state index is -0.680. The first kappa shape index (κ1) is 17.5. The summed E-state index contributed by atoms with van der Waals surface area (Å²) in [5.74, 6) is 5.48. The molecule has 0 radical (unpaired) electrons. The molecule has 3 rings (SSSR count). The Balaban J connectivity index is 2.09. The molecule has 0 aliphatic carbocycles. The molecule has 3 aromatic rings. The lowest BCUT2D eigenvalue weighted by Gasteiger charge is -2.16. The summed E-state index contributed by atoms with van der Waals surface area (Å²) >= 11 is 4.40. The Morgan fingerprint density at radius 3 is 2.68 bits per heavy atom. The smallest absolute Gasteiger partial charge is 0.323 e. The summed E-state index contributed by atoms with van der Waals surface area (Å²) in [6.45, 7) is 0. The van der Waals surface area contributed by atoms with Crippen LogP contribution in [-0.2, 0) is 9.53 Å². The van der Waals surface area contributed by atoms with E-state index in [1.54, 1.807) is 18.2 Å². The summed E-state index contributed by atoms with van der Waals surface area (Å²) in [7, 11) is 1.32. The fourth-order valence-corrected chi connectivity index (χ4v) is 3.73. The highest BCUT2D eigenvalue weighted by atomic mass is 79.9. The predicted molar refractivity (Wildman–Crippen MR) is 101 cm³/mol. The molecule has 0 bridgehead atoms.